The van der Waals surface area contributed by atoms with Gasteiger partial charge in [0, 0.05) is 5.56 Å². The van der Waals surface area contributed by atoms with Gasteiger partial charge in [0.15, 0.2) is 0 Å². The molecule has 0 aliphatic rings. The van der Waals surface area contributed by atoms with Crippen molar-refractivity contribution in [3.63, 3.8) is 0 Å². The van der Waals surface area contributed by atoms with E-state index < -0.39 is 17.4 Å². The van der Waals surface area contributed by atoms with E-state index in [9.17, 15) is 9.59 Å². The Balaban J connectivity index is 2.89. The Bertz CT molecular complexity index is 486. The molecule has 0 fully saturated rings. The third-order valence-electron chi connectivity index (χ3n) is 2.38. The number of nitrogen functional groups attached to an aromatic ring is 1. The molecule has 6 heteroatoms. The number of esters is 1. The molecule has 0 aliphatic heterocycles. The molecule has 0 saturated heterocycles. The maximum absolute atomic E-state index is 11.9. The second-order valence-corrected chi connectivity index (χ2v) is 4.71. The van der Waals surface area contributed by atoms with Gasteiger partial charge >= 0.3 is 5.97 Å². The lowest BCUT2D eigenvalue weighted by Crippen LogP contribution is -2.50. The van der Waals surface area contributed by atoms with Gasteiger partial charge in [-0.05, 0) is 32.0 Å². The fourth-order valence-electron chi connectivity index (χ4n) is 1.33. The molecule has 0 bridgehead atoms. The topological polar surface area (TPSA) is 81.4 Å². The van der Waals surface area contributed by atoms with Gasteiger partial charge in [-0.1, -0.05) is 11.6 Å². The van der Waals surface area contributed by atoms with Crippen LogP contribution in [0.3, 0.4) is 0 Å². The summed E-state index contributed by atoms with van der Waals surface area (Å²) in [6.45, 7) is 3.10. The first kappa shape index (κ1) is 14.3. The van der Waals surface area contributed by atoms with Gasteiger partial charge in [-0.25, -0.2) is 4.79 Å². The van der Waals surface area contributed by atoms with Crippen molar-refractivity contribution in [2.24, 2.45) is 0 Å². The molecule has 1 aromatic rings. The minimum absolute atomic E-state index is 0.290. The summed E-state index contributed by atoms with van der Waals surface area (Å²) in [5.74, 6) is -0.954. The minimum Gasteiger partial charge on any atom is -0.467 e. The summed E-state index contributed by atoms with van der Waals surface area (Å²) >= 11 is 5.82. The number of halogens is 1. The van der Waals surface area contributed by atoms with Crippen molar-refractivity contribution in [2.45, 2.75) is 19.4 Å². The molecular formula is C12H15ClN2O3. The van der Waals surface area contributed by atoms with Crippen LogP contribution in [0.5, 0.6) is 0 Å². The molecule has 0 radical (unpaired) electrons. The van der Waals surface area contributed by atoms with Crippen molar-refractivity contribution in [3.8, 4) is 0 Å². The quantitative estimate of drug-likeness (QED) is 0.646. The molecule has 0 spiro atoms. The van der Waals surface area contributed by atoms with Crippen LogP contribution >= 0.6 is 11.6 Å². The van der Waals surface area contributed by atoms with Gasteiger partial charge in [0.05, 0.1) is 17.8 Å². The molecule has 1 aromatic carbocycles. The number of anilines is 1. The van der Waals surface area contributed by atoms with Crippen molar-refractivity contribution < 1.29 is 14.3 Å². The van der Waals surface area contributed by atoms with E-state index in [1.54, 1.807) is 13.8 Å². The molecule has 1 rings (SSSR count). The first-order valence-electron chi connectivity index (χ1n) is 5.24. The van der Waals surface area contributed by atoms with E-state index in [-0.39, 0.29) is 0 Å². The molecule has 0 atom stereocenters. The molecular weight excluding hydrogens is 256 g/mol. The van der Waals surface area contributed by atoms with E-state index in [0.717, 1.165) is 0 Å². The van der Waals surface area contributed by atoms with Crippen LogP contribution in [-0.2, 0) is 9.53 Å². The zero-order valence-corrected chi connectivity index (χ0v) is 11.2. The average molecular weight is 271 g/mol. The fourth-order valence-corrected chi connectivity index (χ4v) is 1.51. The number of benzene rings is 1. The van der Waals surface area contributed by atoms with Gasteiger partial charge in [0.25, 0.3) is 5.91 Å². The van der Waals surface area contributed by atoms with Crippen LogP contribution < -0.4 is 11.1 Å². The summed E-state index contributed by atoms with van der Waals surface area (Å²) in [5.41, 5.74) is 5.15. The predicted molar refractivity (Wildman–Crippen MR) is 69.4 cm³/mol. The van der Waals surface area contributed by atoms with Gasteiger partial charge in [0.2, 0.25) is 0 Å². The van der Waals surface area contributed by atoms with Crippen molar-refractivity contribution in [3.05, 3.63) is 28.8 Å². The highest BCUT2D eigenvalue weighted by molar-refractivity contribution is 6.33. The fraction of sp³-hybridized carbons (Fsp3) is 0.333. The Morgan fingerprint density at radius 2 is 2.00 bits per heavy atom. The minimum atomic E-state index is -1.11. The highest BCUT2D eigenvalue weighted by Crippen LogP contribution is 2.20. The average Bonchev–Trinajstić information content (AvgIpc) is 2.30. The summed E-state index contributed by atoms with van der Waals surface area (Å²) in [6.07, 6.45) is 0. The third kappa shape index (κ3) is 3.13. The summed E-state index contributed by atoms with van der Waals surface area (Å²) in [7, 11) is 1.26. The number of nitrogens with one attached hydrogen (secondary N) is 1. The second-order valence-electron chi connectivity index (χ2n) is 4.31. The number of amides is 1. The number of hydrogen-bond donors (Lipinski definition) is 2. The Hall–Kier alpha value is -1.75. The van der Waals surface area contributed by atoms with Crippen LogP contribution in [0.2, 0.25) is 5.02 Å². The Morgan fingerprint density at radius 1 is 1.39 bits per heavy atom. The molecule has 1 amide bonds. The van der Waals surface area contributed by atoms with Crippen LogP contribution in [0, 0.1) is 0 Å². The number of methoxy groups -OCH3 is 1. The lowest BCUT2D eigenvalue weighted by Gasteiger charge is -2.23. The largest absolute Gasteiger partial charge is 0.467 e. The van der Waals surface area contributed by atoms with Crippen LogP contribution in [0.15, 0.2) is 18.2 Å². The van der Waals surface area contributed by atoms with E-state index in [1.807, 2.05) is 0 Å². The molecule has 3 N–H and O–H groups in total. The molecule has 0 aromatic heterocycles. The number of ether oxygens (including phenoxy) is 1. The maximum Gasteiger partial charge on any atom is 0.330 e. The normalized spacial score (nSPS) is 10.9. The van der Waals surface area contributed by atoms with Gasteiger partial charge in [-0.15, -0.1) is 0 Å². The SMILES string of the molecule is COC(=O)C(C)(C)NC(=O)c1ccc(N)c(Cl)c1. The second kappa shape index (κ2) is 5.27. The molecule has 18 heavy (non-hydrogen) atoms. The lowest BCUT2D eigenvalue weighted by atomic mass is 10.0. The summed E-state index contributed by atoms with van der Waals surface area (Å²) < 4.78 is 4.59. The summed E-state index contributed by atoms with van der Waals surface area (Å²) in [6, 6.07) is 4.51. The number of carbonyl (C=O) groups excluding carboxylic acids is 2. The summed E-state index contributed by atoms with van der Waals surface area (Å²) in [5, 5.41) is 2.85. The zero-order valence-electron chi connectivity index (χ0n) is 10.4. The van der Waals surface area contributed by atoms with E-state index in [2.05, 4.69) is 10.1 Å². The van der Waals surface area contributed by atoms with Crippen LogP contribution in [0.1, 0.15) is 24.2 Å². The molecule has 98 valence electrons. The maximum atomic E-state index is 11.9. The number of hydrogen-bond acceptors (Lipinski definition) is 4. The smallest absolute Gasteiger partial charge is 0.330 e. The Morgan fingerprint density at radius 3 is 2.50 bits per heavy atom. The third-order valence-corrected chi connectivity index (χ3v) is 2.71. The van der Waals surface area contributed by atoms with E-state index >= 15 is 0 Å². The van der Waals surface area contributed by atoms with Crippen molar-refractivity contribution in [2.75, 3.05) is 12.8 Å². The zero-order chi connectivity index (χ0) is 13.9. The Labute approximate surface area is 110 Å². The van der Waals surface area contributed by atoms with Gasteiger partial charge < -0.3 is 15.8 Å². The van der Waals surface area contributed by atoms with E-state index in [0.29, 0.717) is 16.3 Å². The monoisotopic (exact) mass is 270 g/mol. The molecule has 5 nitrogen and oxygen atoms in total. The predicted octanol–water partition coefficient (Wildman–Crippen LogP) is 1.60. The highest BCUT2D eigenvalue weighted by atomic mass is 35.5. The first-order chi connectivity index (χ1) is 8.27. The van der Waals surface area contributed by atoms with Crippen molar-refractivity contribution in [1.29, 1.82) is 0 Å². The molecule has 0 unspecified atom stereocenters. The molecule has 0 aliphatic carbocycles. The van der Waals surface area contributed by atoms with Crippen LogP contribution in [0.4, 0.5) is 5.69 Å². The molecule has 0 saturated carbocycles. The van der Waals surface area contributed by atoms with Gasteiger partial charge in [-0.3, -0.25) is 4.79 Å². The Kier molecular flexibility index (Phi) is 4.19. The highest BCUT2D eigenvalue weighted by Gasteiger charge is 2.30. The van der Waals surface area contributed by atoms with Crippen LogP contribution in [0.25, 0.3) is 0 Å². The van der Waals surface area contributed by atoms with E-state index in [1.165, 1.54) is 25.3 Å². The van der Waals surface area contributed by atoms with Crippen molar-refractivity contribution in [1.82, 2.24) is 5.32 Å². The van der Waals surface area contributed by atoms with E-state index in [4.69, 9.17) is 17.3 Å². The van der Waals surface area contributed by atoms with Gasteiger partial charge in [-0.2, -0.15) is 0 Å². The standard InChI is InChI=1S/C12H15ClN2O3/c1-12(2,11(17)18-3)15-10(16)7-4-5-9(14)8(13)6-7/h4-6H,14H2,1-3H3,(H,15,16). The number of nitrogens with two attached hydrogens (primary N) is 1. The van der Waals surface area contributed by atoms with Crippen molar-refractivity contribution >= 4 is 29.2 Å². The van der Waals surface area contributed by atoms with Crippen LogP contribution in [-0.4, -0.2) is 24.5 Å². The lowest BCUT2D eigenvalue weighted by molar-refractivity contribution is -0.146. The summed E-state index contributed by atoms with van der Waals surface area (Å²) in [4.78, 5) is 23.4. The number of carbonyl (C=O) groups is 2. The number of rotatable bonds is 3. The van der Waals surface area contributed by atoms with Gasteiger partial charge in [0.1, 0.15) is 5.54 Å². The first-order valence-corrected chi connectivity index (χ1v) is 5.61. The molecule has 0 heterocycles.